The SMILES string of the molecule is Fc1ccc(C2CCC([C@H]3CC[C@H](CC/C=C/Cl)CC3)CC2)cc1. The van der Waals surface area contributed by atoms with Crippen LogP contribution >= 0.6 is 11.6 Å². The van der Waals surface area contributed by atoms with Crippen molar-refractivity contribution in [2.75, 3.05) is 0 Å². The molecule has 1 aromatic rings. The van der Waals surface area contributed by atoms with Gasteiger partial charge in [0.1, 0.15) is 5.82 Å². The quantitative estimate of drug-likeness (QED) is 0.518. The predicted octanol–water partition coefficient (Wildman–Crippen LogP) is 7.44. The van der Waals surface area contributed by atoms with Crippen molar-refractivity contribution in [2.45, 2.75) is 70.1 Å². The van der Waals surface area contributed by atoms with Crippen molar-refractivity contribution in [2.24, 2.45) is 17.8 Å². The van der Waals surface area contributed by atoms with Crippen LogP contribution in [0.3, 0.4) is 0 Å². The third-order valence-electron chi connectivity index (χ3n) is 6.50. The van der Waals surface area contributed by atoms with E-state index in [2.05, 4.69) is 6.08 Å². The largest absolute Gasteiger partial charge is 0.207 e. The second kappa shape index (κ2) is 9.04. The van der Waals surface area contributed by atoms with Crippen LogP contribution in [0, 0.1) is 23.6 Å². The maximum Gasteiger partial charge on any atom is 0.123 e. The van der Waals surface area contributed by atoms with Crippen molar-refractivity contribution in [3.05, 3.63) is 47.3 Å². The summed E-state index contributed by atoms with van der Waals surface area (Å²) < 4.78 is 13.1. The van der Waals surface area contributed by atoms with Gasteiger partial charge in [-0.25, -0.2) is 4.39 Å². The molecule has 2 saturated carbocycles. The summed E-state index contributed by atoms with van der Waals surface area (Å²) in [5.74, 6) is 3.35. The molecule has 0 bridgehead atoms. The van der Waals surface area contributed by atoms with E-state index in [0.29, 0.717) is 5.92 Å². The summed E-state index contributed by atoms with van der Waals surface area (Å²) in [4.78, 5) is 0. The van der Waals surface area contributed by atoms with Crippen LogP contribution in [-0.4, -0.2) is 0 Å². The van der Waals surface area contributed by atoms with Gasteiger partial charge in [0.15, 0.2) is 0 Å². The third-order valence-corrected chi connectivity index (χ3v) is 6.68. The Morgan fingerprint density at radius 2 is 1.46 bits per heavy atom. The lowest BCUT2D eigenvalue weighted by Crippen LogP contribution is -2.25. The maximum absolute atomic E-state index is 13.1. The summed E-state index contributed by atoms with van der Waals surface area (Å²) >= 11 is 5.61. The molecule has 0 nitrogen and oxygen atoms in total. The Balaban J connectivity index is 1.42. The second-order valence-electron chi connectivity index (χ2n) is 7.88. The molecule has 0 spiro atoms. The van der Waals surface area contributed by atoms with Crippen LogP contribution in [0.2, 0.25) is 0 Å². The molecule has 132 valence electrons. The minimum absolute atomic E-state index is 0.120. The summed E-state index contributed by atoms with van der Waals surface area (Å²) in [6.45, 7) is 0. The van der Waals surface area contributed by atoms with E-state index in [0.717, 1.165) is 24.2 Å². The standard InChI is InChI=1S/C22H30ClF/c23-16-2-1-3-17-4-6-18(7-5-17)19-8-10-20(11-9-19)21-12-14-22(24)15-13-21/h2,12-20H,1,3-11H2/b16-2+/t17-,18-,19?,20?. The summed E-state index contributed by atoms with van der Waals surface area (Å²) in [6.07, 6.45) is 15.5. The van der Waals surface area contributed by atoms with Crippen molar-refractivity contribution in [3.63, 3.8) is 0 Å². The third kappa shape index (κ3) is 4.85. The van der Waals surface area contributed by atoms with Crippen LogP contribution in [0.1, 0.15) is 75.7 Å². The molecule has 0 N–H and O–H groups in total. The molecule has 2 heteroatoms. The van der Waals surface area contributed by atoms with Gasteiger partial charge in [-0.2, -0.15) is 0 Å². The molecule has 0 saturated heterocycles. The molecule has 0 unspecified atom stereocenters. The molecule has 24 heavy (non-hydrogen) atoms. The van der Waals surface area contributed by atoms with Gasteiger partial charge in [0.25, 0.3) is 0 Å². The van der Waals surface area contributed by atoms with Crippen LogP contribution < -0.4 is 0 Å². The molecule has 2 aliphatic rings. The van der Waals surface area contributed by atoms with Gasteiger partial charge in [-0.15, -0.1) is 0 Å². The number of allylic oxidation sites excluding steroid dienone is 1. The Morgan fingerprint density at radius 3 is 2.04 bits per heavy atom. The summed E-state index contributed by atoms with van der Waals surface area (Å²) in [5, 5.41) is 0. The van der Waals surface area contributed by atoms with Crippen molar-refractivity contribution in [1.29, 1.82) is 0 Å². The first-order valence-electron chi connectivity index (χ1n) is 9.77. The average Bonchev–Trinajstić information content (AvgIpc) is 2.63. The van der Waals surface area contributed by atoms with E-state index in [1.165, 1.54) is 63.4 Å². The highest BCUT2D eigenvalue weighted by atomic mass is 35.5. The van der Waals surface area contributed by atoms with E-state index in [1.54, 1.807) is 17.7 Å². The molecule has 2 aliphatic carbocycles. The first-order chi connectivity index (χ1) is 11.8. The second-order valence-corrected chi connectivity index (χ2v) is 8.14. The van der Waals surface area contributed by atoms with Crippen molar-refractivity contribution >= 4 is 11.6 Å². The van der Waals surface area contributed by atoms with E-state index in [-0.39, 0.29) is 5.82 Å². The average molecular weight is 349 g/mol. The minimum Gasteiger partial charge on any atom is -0.207 e. The number of hydrogen-bond acceptors (Lipinski definition) is 0. The Kier molecular flexibility index (Phi) is 6.77. The van der Waals surface area contributed by atoms with Gasteiger partial charge >= 0.3 is 0 Å². The van der Waals surface area contributed by atoms with Crippen molar-refractivity contribution in [3.8, 4) is 0 Å². The molecular weight excluding hydrogens is 319 g/mol. The molecule has 0 heterocycles. The van der Waals surface area contributed by atoms with Gasteiger partial charge < -0.3 is 0 Å². The van der Waals surface area contributed by atoms with Gasteiger partial charge in [-0.1, -0.05) is 42.7 Å². The molecule has 0 radical (unpaired) electrons. The number of halogens is 2. The smallest absolute Gasteiger partial charge is 0.123 e. The fourth-order valence-electron chi connectivity index (χ4n) is 5.00. The zero-order valence-corrected chi connectivity index (χ0v) is 15.4. The van der Waals surface area contributed by atoms with Crippen molar-refractivity contribution < 1.29 is 4.39 Å². The zero-order valence-electron chi connectivity index (χ0n) is 14.6. The molecule has 0 amide bonds. The maximum atomic E-state index is 13.1. The van der Waals surface area contributed by atoms with E-state index in [9.17, 15) is 4.39 Å². The van der Waals surface area contributed by atoms with Crippen LogP contribution in [0.15, 0.2) is 35.9 Å². The Labute approximate surface area is 151 Å². The first kappa shape index (κ1) is 18.0. The predicted molar refractivity (Wildman–Crippen MR) is 101 cm³/mol. The van der Waals surface area contributed by atoms with E-state index in [1.807, 2.05) is 12.1 Å². The Hall–Kier alpha value is -0.820. The van der Waals surface area contributed by atoms with Crippen LogP contribution in [-0.2, 0) is 0 Å². The van der Waals surface area contributed by atoms with E-state index >= 15 is 0 Å². The molecular formula is C22H30ClF. The van der Waals surface area contributed by atoms with Gasteiger partial charge in [-0.3, -0.25) is 0 Å². The van der Waals surface area contributed by atoms with Gasteiger partial charge in [0.05, 0.1) is 0 Å². The molecule has 2 fully saturated rings. The lowest BCUT2D eigenvalue weighted by Gasteiger charge is -2.38. The highest BCUT2D eigenvalue weighted by molar-refractivity contribution is 6.25. The summed E-state index contributed by atoms with van der Waals surface area (Å²) in [7, 11) is 0. The van der Waals surface area contributed by atoms with Gasteiger partial charge in [0, 0.05) is 5.54 Å². The lowest BCUT2D eigenvalue weighted by molar-refractivity contribution is 0.157. The summed E-state index contributed by atoms with van der Waals surface area (Å²) in [5.41, 5.74) is 3.00. The van der Waals surface area contributed by atoms with Crippen LogP contribution in [0.4, 0.5) is 4.39 Å². The fraction of sp³-hybridized carbons (Fsp3) is 0.636. The number of benzene rings is 1. The highest BCUT2D eigenvalue weighted by Gasteiger charge is 2.31. The van der Waals surface area contributed by atoms with Gasteiger partial charge in [-0.05, 0) is 92.7 Å². The molecule has 0 aliphatic heterocycles. The number of rotatable bonds is 5. The molecule has 0 aromatic heterocycles. The van der Waals surface area contributed by atoms with Crippen molar-refractivity contribution in [1.82, 2.24) is 0 Å². The Bertz CT molecular complexity index is 505. The fourth-order valence-corrected chi connectivity index (χ4v) is 5.13. The topological polar surface area (TPSA) is 0 Å². The monoisotopic (exact) mass is 348 g/mol. The first-order valence-corrected chi connectivity index (χ1v) is 10.2. The van der Waals surface area contributed by atoms with E-state index in [4.69, 9.17) is 11.6 Å². The summed E-state index contributed by atoms with van der Waals surface area (Å²) in [6, 6.07) is 7.20. The minimum atomic E-state index is -0.120. The highest BCUT2D eigenvalue weighted by Crippen LogP contribution is 2.44. The Morgan fingerprint density at radius 1 is 0.875 bits per heavy atom. The molecule has 3 rings (SSSR count). The molecule has 0 atom stereocenters. The van der Waals surface area contributed by atoms with Crippen LogP contribution in [0.25, 0.3) is 0 Å². The van der Waals surface area contributed by atoms with Crippen LogP contribution in [0.5, 0.6) is 0 Å². The normalized spacial score (nSPS) is 31.4. The molecule has 1 aromatic carbocycles. The zero-order chi connectivity index (χ0) is 16.8. The lowest BCUT2D eigenvalue weighted by atomic mass is 9.68. The van der Waals surface area contributed by atoms with E-state index < -0.39 is 0 Å². The van der Waals surface area contributed by atoms with Gasteiger partial charge in [0.2, 0.25) is 0 Å². The number of hydrogen-bond donors (Lipinski definition) is 0.